The first-order chi connectivity index (χ1) is 16.6. The Hall–Kier alpha value is -2.38. The summed E-state index contributed by atoms with van der Waals surface area (Å²) in [6, 6.07) is 0. The Labute approximate surface area is 207 Å². The Morgan fingerprint density at radius 1 is 1.23 bits per heavy atom. The molecule has 1 heterocycles. The Balaban J connectivity index is 1.49. The predicted molar refractivity (Wildman–Crippen MR) is 129 cm³/mol. The third-order valence-corrected chi connectivity index (χ3v) is 10.4. The molecule has 8 nitrogen and oxygen atoms in total. The minimum absolute atomic E-state index is 0.0218. The fraction of sp³-hybridized carbons (Fsp3) is 0.778. The third-order valence-electron chi connectivity index (χ3n) is 10.4. The summed E-state index contributed by atoms with van der Waals surface area (Å²) in [6.45, 7) is 9.97. The Morgan fingerprint density at radius 2 is 2.00 bits per heavy atom. The molecule has 0 aromatic carbocycles. The van der Waals surface area contributed by atoms with Crippen LogP contribution in [-0.4, -0.2) is 46.9 Å². The molecule has 1 aliphatic heterocycles. The highest BCUT2D eigenvalue weighted by Crippen LogP contribution is 2.70. The zero-order valence-corrected chi connectivity index (χ0v) is 21.5. The van der Waals surface area contributed by atoms with Gasteiger partial charge in [0.25, 0.3) is 0 Å². The van der Waals surface area contributed by atoms with Crippen LogP contribution in [0.2, 0.25) is 0 Å². The number of esters is 2. The van der Waals surface area contributed by atoms with E-state index in [2.05, 4.69) is 30.2 Å². The fourth-order valence-corrected chi connectivity index (χ4v) is 8.84. The zero-order chi connectivity index (χ0) is 25.2. The molecule has 0 bridgehead atoms. The van der Waals surface area contributed by atoms with Crippen LogP contribution in [0.15, 0.2) is 22.0 Å². The third kappa shape index (κ3) is 3.23. The van der Waals surface area contributed by atoms with Gasteiger partial charge in [0.1, 0.15) is 11.8 Å². The van der Waals surface area contributed by atoms with Gasteiger partial charge in [0.05, 0.1) is 12.5 Å². The van der Waals surface area contributed by atoms with Gasteiger partial charge in [0, 0.05) is 18.8 Å². The van der Waals surface area contributed by atoms with Crippen LogP contribution in [0.5, 0.6) is 0 Å². The van der Waals surface area contributed by atoms with Gasteiger partial charge in [-0.05, 0) is 75.5 Å². The summed E-state index contributed by atoms with van der Waals surface area (Å²) >= 11 is 0. The monoisotopic (exact) mass is 486 g/mol. The Kier molecular flexibility index (Phi) is 5.80. The second-order valence-electron chi connectivity index (χ2n) is 11.7. The van der Waals surface area contributed by atoms with Gasteiger partial charge in [0.2, 0.25) is 0 Å². The summed E-state index contributed by atoms with van der Waals surface area (Å²) in [5, 5.41) is 17.7. The summed E-state index contributed by atoms with van der Waals surface area (Å²) in [6.07, 6.45) is 8.78. The SMILES string of the molecule is CCOC(=O)C1=NO[C@@]2(C(C)=NO)[C@@H]1C[C@@H]1[C@H]3CC=C4C[C@@H](OC(C)=O)CC[C@]4(C)[C@@H]3CC[C@@]12C. The lowest BCUT2D eigenvalue weighted by Gasteiger charge is -2.58. The summed E-state index contributed by atoms with van der Waals surface area (Å²) in [5.41, 5.74) is 1.08. The van der Waals surface area contributed by atoms with E-state index in [1.54, 1.807) is 13.8 Å². The van der Waals surface area contributed by atoms with Crippen LogP contribution in [0.4, 0.5) is 0 Å². The molecule has 0 spiro atoms. The average Bonchev–Trinajstić information content (AvgIpc) is 3.32. The van der Waals surface area contributed by atoms with E-state index in [1.807, 2.05) is 0 Å². The molecule has 5 rings (SSSR count). The van der Waals surface area contributed by atoms with Gasteiger partial charge in [0.15, 0.2) is 11.3 Å². The van der Waals surface area contributed by atoms with E-state index in [4.69, 9.17) is 14.3 Å². The molecule has 0 radical (unpaired) electrons. The molecular weight excluding hydrogens is 448 g/mol. The van der Waals surface area contributed by atoms with E-state index >= 15 is 0 Å². The maximum Gasteiger partial charge on any atom is 0.356 e. The summed E-state index contributed by atoms with van der Waals surface area (Å²) in [5.74, 6) is 0.320. The van der Waals surface area contributed by atoms with E-state index in [0.29, 0.717) is 29.2 Å². The molecule has 5 aliphatic rings. The number of hydrogen-bond donors (Lipinski definition) is 1. The number of ether oxygens (including phenoxy) is 2. The fourth-order valence-electron chi connectivity index (χ4n) is 8.84. The molecule has 3 saturated carbocycles. The quantitative estimate of drug-likeness (QED) is 0.204. The number of rotatable bonds is 4. The highest BCUT2D eigenvalue weighted by atomic mass is 16.7. The first-order valence-electron chi connectivity index (χ1n) is 13.1. The zero-order valence-electron chi connectivity index (χ0n) is 21.5. The van der Waals surface area contributed by atoms with Gasteiger partial charge in [-0.2, -0.15) is 0 Å². The van der Waals surface area contributed by atoms with Gasteiger partial charge in [-0.1, -0.05) is 35.8 Å². The van der Waals surface area contributed by atoms with Crippen LogP contribution in [0, 0.1) is 34.5 Å². The van der Waals surface area contributed by atoms with Crippen molar-refractivity contribution >= 4 is 23.4 Å². The largest absolute Gasteiger partial charge is 0.462 e. The van der Waals surface area contributed by atoms with E-state index in [9.17, 15) is 14.8 Å². The molecule has 0 aromatic rings. The predicted octanol–water partition coefficient (Wildman–Crippen LogP) is 4.65. The van der Waals surface area contributed by atoms with Crippen molar-refractivity contribution in [2.75, 3.05) is 6.61 Å². The maximum absolute atomic E-state index is 12.8. The van der Waals surface area contributed by atoms with Crippen LogP contribution < -0.4 is 0 Å². The number of nitrogens with zero attached hydrogens (tertiary/aromatic N) is 2. The summed E-state index contributed by atoms with van der Waals surface area (Å²) in [7, 11) is 0. The standard InChI is InChI=1S/C27H38N2O6/c1-6-33-24(31)23-22-14-21-19-8-7-17-13-18(34-16(3)30)9-11-25(17,4)20(19)10-12-26(21,5)27(22,35-29-23)15(2)28-32/h7,18-22,32H,6,8-14H2,1-5H3/t18-,19-,20+,21+,22+,25-,26-,27-/m0/s1. The molecule has 192 valence electrons. The first-order valence-corrected chi connectivity index (χ1v) is 13.1. The number of hydrogen-bond acceptors (Lipinski definition) is 8. The van der Waals surface area contributed by atoms with Gasteiger partial charge in [-0.3, -0.25) is 4.79 Å². The molecule has 8 atom stereocenters. The summed E-state index contributed by atoms with van der Waals surface area (Å²) < 4.78 is 10.9. The highest BCUT2D eigenvalue weighted by molar-refractivity contribution is 6.38. The number of carbonyl (C=O) groups excluding carboxylic acids is 2. The lowest BCUT2D eigenvalue weighted by molar-refractivity contribution is -0.149. The van der Waals surface area contributed by atoms with Crippen molar-refractivity contribution in [3.63, 3.8) is 0 Å². The van der Waals surface area contributed by atoms with Crippen molar-refractivity contribution in [2.45, 2.75) is 91.3 Å². The lowest BCUT2D eigenvalue weighted by Crippen LogP contribution is -2.59. The van der Waals surface area contributed by atoms with Crippen LogP contribution >= 0.6 is 0 Å². The smallest absolute Gasteiger partial charge is 0.356 e. The van der Waals surface area contributed by atoms with Crippen molar-refractivity contribution in [1.82, 2.24) is 0 Å². The van der Waals surface area contributed by atoms with Crippen molar-refractivity contribution in [2.24, 2.45) is 44.8 Å². The van der Waals surface area contributed by atoms with Gasteiger partial charge in [-0.15, -0.1) is 0 Å². The topological polar surface area (TPSA) is 107 Å². The molecule has 4 aliphatic carbocycles. The van der Waals surface area contributed by atoms with Crippen LogP contribution in [0.1, 0.15) is 79.6 Å². The molecule has 0 amide bonds. The van der Waals surface area contributed by atoms with E-state index in [0.717, 1.165) is 44.9 Å². The van der Waals surface area contributed by atoms with Crippen molar-refractivity contribution in [3.8, 4) is 0 Å². The molecule has 0 aromatic heterocycles. The lowest BCUT2D eigenvalue weighted by atomic mass is 9.46. The van der Waals surface area contributed by atoms with E-state index < -0.39 is 11.6 Å². The van der Waals surface area contributed by atoms with Crippen molar-refractivity contribution < 1.29 is 29.1 Å². The molecule has 1 N–H and O–H groups in total. The van der Waals surface area contributed by atoms with Crippen molar-refractivity contribution in [1.29, 1.82) is 0 Å². The van der Waals surface area contributed by atoms with Gasteiger partial charge in [-0.25, -0.2) is 4.79 Å². The number of oxime groups is 2. The Bertz CT molecular complexity index is 1020. The summed E-state index contributed by atoms with van der Waals surface area (Å²) in [4.78, 5) is 30.5. The molecular formula is C27H38N2O6. The van der Waals surface area contributed by atoms with Gasteiger partial charge >= 0.3 is 11.9 Å². The minimum Gasteiger partial charge on any atom is -0.462 e. The number of allylic oxidation sites excluding steroid dienone is 1. The second kappa shape index (κ2) is 8.34. The first kappa shape index (κ1) is 24.3. The molecule has 35 heavy (non-hydrogen) atoms. The maximum atomic E-state index is 12.8. The van der Waals surface area contributed by atoms with Crippen LogP contribution in [-0.2, 0) is 23.9 Å². The van der Waals surface area contributed by atoms with E-state index in [-0.39, 0.29) is 35.4 Å². The molecule has 0 saturated heterocycles. The average molecular weight is 487 g/mol. The molecule has 0 unspecified atom stereocenters. The second-order valence-corrected chi connectivity index (χ2v) is 11.7. The number of fused-ring (bicyclic) bond motifs is 7. The highest BCUT2D eigenvalue weighted by Gasteiger charge is 2.74. The number of carbonyl (C=O) groups is 2. The van der Waals surface area contributed by atoms with Crippen LogP contribution in [0.25, 0.3) is 0 Å². The Morgan fingerprint density at radius 3 is 2.69 bits per heavy atom. The van der Waals surface area contributed by atoms with Crippen LogP contribution in [0.3, 0.4) is 0 Å². The molecule has 3 fully saturated rings. The molecule has 8 heteroatoms. The van der Waals surface area contributed by atoms with E-state index in [1.165, 1.54) is 12.5 Å². The van der Waals surface area contributed by atoms with Gasteiger partial charge < -0.3 is 19.5 Å². The normalized spacial score (nSPS) is 44.0. The van der Waals surface area contributed by atoms with Crippen molar-refractivity contribution in [3.05, 3.63) is 11.6 Å². The minimum atomic E-state index is -0.933.